The van der Waals surface area contributed by atoms with Crippen molar-refractivity contribution in [1.29, 1.82) is 0 Å². The zero-order valence-corrected chi connectivity index (χ0v) is 11.0. The van der Waals surface area contributed by atoms with Gasteiger partial charge in [-0.1, -0.05) is 22.0 Å². The van der Waals surface area contributed by atoms with Gasteiger partial charge in [0, 0.05) is 17.2 Å². The molecular weight excluding hydrogens is 266 g/mol. The molecule has 0 aliphatic carbocycles. The van der Waals surface area contributed by atoms with Gasteiger partial charge in [0.2, 0.25) is 0 Å². The Balaban J connectivity index is 2.34. The summed E-state index contributed by atoms with van der Waals surface area (Å²) in [6.45, 7) is 2.90. The molecule has 1 N–H and O–H groups in total. The normalized spacial score (nSPS) is 10.7. The highest BCUT2D eigenvalue weighted by Crippen LogP contribution is 2.20. The Morgan fingerprint density at radius 2 is 2.25 bits per heavy atom. The highest BCUT2D eigenvalue weighted by molar-refractivity contribution is 9.10. The minimum absolute atomic E-state index is 0.860. The lowest BCUT2D eigenvalue weighted by Gasteiger charge is -2.07. The first kappa shape index (κ1) is 11.4. The lowest BCUT2D eigenvalue weighted by Crippen LogP contribution is -2.06. The highest BCUT2D eigenvalue weighted by Gasteiger charge is 2.03. The summed E-state index contributed by atoms with van der Waals surface area (Å²) in [5, 5.41) is 7.42. The largest absolute Gasteiger partial charge is 0.316 e. The third-order valence-electron chi connectivity index (χ3n) is 2.38. The van der Waals surface area contributed by atoms with Crippen LogP contribution in [0.25, 0.3) is 5.69 Å². The molecule has 1 aromatic carbocycles. The molecule has 84 valence electrons. The fourth-order valence-electron chi connectivity index (χ4n) is 1.57. The molecule has 0 fully saturated rings. The molecule has 0 spiro atoms. The summed E-state index contributed by atoms with van der Waals surface area (Å²) in [6.07, 6.45) is 3.87. The van der Waals surface area contributed by atoms with Crippen molar-refractivity contribution in [3.05, 3.63) is 46.2 Å². The Morgan fingerprint density at radius 1 is 1.44 bits per heavy atom. The number of hydrogen-bond donors (Lipinski definition) is 1. The van der Waals surface area contributed by atoms with E-state index in [1.54, 1.807) is 0 Å². The van der Waals surface area contributed by atoms with Crippen molar-refractivity contribution in [1.82, 2.24) is 15.1 Å². The minimum Gasteiger partial charge on any atom is -0.316 e. The molecule has 16 heavy (non-hydrogen) atoms. The van der Waals surface area contributed by atoms with Gasteiger partial charge in [-0.3, -0.25) is 0 Å². The van der Waals surface area contributed by atoms with Crippen LogP contribution in [-0.4, -0.2) is 16.8 Å². The molecule has 0 saturated heterocycles. The predicted octanol–water partition coefficient (Wildman–Crippen LogP) is 2.66. The maximum absolute atomic E-state index is 4.28. The van der Waals surface area contributed by atoms with Crippen LogP contribution in [0.2, 0.25) is 0 Å². The summed E-state index contributed by atoms with van der Waals surface area (Å²) < 4.78 is 2.98. The van der Waals surface area contributed by atoms with Gasteiger partial charge >= 0.3 is 0 Å². The Hall–Kier alpha value is -1.13. The van der Waals surface area contributed by atoms with Gasteiger partial charge in [0.1, 0.15) is 0 Å². The van der Waals surface area contributed by atoms with E-state index in [0.29, 0.717) is 0 Å². The van der Waals surface area contributed by atoms with E-state index in [4.69, 9.17) is 0 Å². The number of aryl methyl sites for hydroxylation is 1. The van der Waals surface area contributed by atoms with Gasteiger partial charge in [-0.2, -0.15) is 5.10 Å². The van der Waals surface area contributed by atoms with Gasteiger partial charge in [0.05, 0.1) is 11.9 Å². The second-order valence-corrected chi connectivity index (χ2v) is 4.62. The molecule has 0 atom stereocenters. The van der Waals surface area contributed by atoms with Crippen LogP contribution >= 0.6 is 15.9 Å². The van der Waals surface area contributed by atoms with Crippen molar-refractivity contribution in [3.8, 4) is 5.69 Å². The van der Waals surface area contributed by atoms with Crippen LogP contribution in [0, 0.1) is 6.92 Å². The fourth-order valence-corrected chi connectivity index (χ4v) is 2.07. The number of benzene rings is 1. The van der Waals surface area contributed by atoms with E-state index >= 15 is 0 Å². The number of hydrogen-bond acceptors (Lipinski definition) is 2. The Labute approximate surface area is 104 Å². The van der Waals surface area contributed by atoms with Gasteiger partial charge in [0.15, 0.2) is 0 Å². The smallest absolute Gasteiger partial charge is 0.0657 e. The van der Waals surface area contributed by atoms with Gasteiger partial charge in [-0.15, -0.1) is 0 Å². The molecule has 0 bridgehead atoms. The predicted molar refractivity (Wildman–Crippen MR) is 68.8 cm³/mol. The minimum atomic E-state index is 0.860. The molecular formula is C12H14BrN3. The lowest BCUT2D eigenvalue weighted by atomic mass is 10.2. The summed E-state index contributed by atoms with van der Waals surface area (Å²) >= 11 is 3.57. The number of aromatic nitrogens is 2. The van der Waals surface area contributed by atoms with Crippen LogP contribution in [0.3, 0.4) is 0 Å². The topological polar surface area (TPSA) is 29.9 Å². The van der Waals surface area contributed by atoms with Crippen LogP contribution < -0.4 is 5.32 Å². The van der Waals surface area contributed by atoms with Crippen LogP contribution in [0.15, 0.2) is 35.1 Å². The molecule has 3 nitrogen and oxygen atoms in total. The van der Waals surface area contributed by atoms with Crippen molar-refractivity contribution in [2.75, 3.05) is 7.05 Å². The molecule has 1 heterocycles. The molecule has 2 aromatic rings. The van der Waals surface area contributed by atoms with Crippen molar-refractivity contribution in [2.24, 2.45) is 0 Å². The first-order chi connectivity index (χ1) is 7.70. The zero-order chi connectivity index (χ0) is 11.5. The van der Waals surface area contributed by atoms with Gasteiger partial charge in [-0.05, 0) is 37.2 Å². The van der Waals surface area contributed by atoms with Gasteiger partial charge < -0.3 is 5.32 Å². The molecule has 1 aromatic heterocycles. The molecule has 0 amide bonds. The number of nitrogens with zero attached hydrogens (tertiary/aromatic N) is 2. The average molecular weight is 280 g/mol. The molecule has 0 aliphatic rings. The molecule has 0 aliphatic heterocycles. The van der Waals surface area contributed by atoms with E-state index in [2.05, 4.69) is 44.5 Å². The monoisotopic (exact) mass is 279 g/mol. The van der Waals surface area contributed by atoms with Crippen LogP contribution in [0.4, 0.5) is 0 Å². The van der Waals surface area contributed by atoms with E-state index in [1.165, 1.54) is 5.56 Å². The van der Waals surface area contributed by atoms with Crippen LogP contribution in [-0.2, 0) is 6.54 Å². The first-order valence-corrected chi connectivity index (χ1v) is 5.94. The number of halogens is 1. The highest BCUT2D eigenvalue weighted by atomic mass is 79.9. The van der Waals surface area contributed by atoms with E-state index in [1.807, 2.05) is 31.0 Å². The van der Waals surface area contributed by atoms with E-state index in [9.17, 15) is 0 Å². The maximum Gasteiger partial charge on any atom is 0.0657 e. The SMILES string of the molecule is CNCc1ccc(-n2cc(C)cn2)cc1Br. The van der Waals surface area contributed by atoms with E-state index < -0.39 is 0 Å². The average Bonchev–Trinajstić information content (AvgIpc) is 2.68. The summed E-state index contributed by atoms with van der Waals surface area (Å²) in [4.78, 5) is 0. The Kier molecular flexibility index (Phi) is 3.41. The molecule has 4 heteroatoms. The molecule has 2 rings (SSSR count). The van der Waals surface area contributed by atoms with Crippen LogP contribution in [0.1, 0.15) is 11.1 Å². The summed E-state index contributed by atoms with van der Waals surface area (Å²) in [6, 6.07) is 6.26. The van der Waals surface area contributed by atoms with Crippen LogP contribution in [0.5, 0.6) is 0 Å². The summed E-state index contributed by atoms with van der Waals surface area (Å²) in [7, 11) is 1.94. The standard InChI is InChI=1S/C12H14BrN3/c1-9-6-15-16(8-9)11-4-3-10(7-14-2)12(13)5-11/h3-6,8,14H,7H2,1-2H3. The zero-order valence-electron chi connectivity index (χ0n) is 9.37. The molecule has 0 radical (unpaired) electrons. The number of nitrogens with one attached hydrogen (secondary N) is 1. The first-order valence-electron chi connectivity index (χ1n) is 5.15. The molecule has 0 saturated carbocycles. The maximum atomic E-state index is 4.28. The third kappa shape index (κ3) is 2.33. The molecule has 0 unspecified atom stereocenters. The Morgan fingerprint density at radius 3 is 2.81 bits per heavy atom. The lowest BCUT2D eigenvalue weighted by molar-refractivity contribution is 0.811. The van der Waals surface area contributed by atoms with E-state index in [0.717, 1.165) is 22.3 Å². The van der Waals surface area contributed by atoms with Crippen molar-refractivity contribution in [3.63, 3.8) is 0 Å². The number of rotatable bonds is 3. The van der Waals surface area contributed by atoms with Crippen molar-refractivity contribution < 1.29 is 0 Å². The van der Waals surface area contributed by atoms with Gasteiger partial charge in [-0.25, -0.2) is 4.68 Å². The Bertz CT molecular complexity index is 491. The van der Waals surface area contributed by atoms with E-state index in [-0.39, 0.29) is 0 Å². The van der Waals surface area contributed by atoms with Crippen molar-refractivity contribution >= 4 is 15.9 Å². The summed E-state index contributed by atoms with van der Waals surface area (Å²) in [5.41, 5.74) is 3.48. The third-order valence-corrected chi connectivity index (χ3v) is 3.12. The van der Waals surface area contributed by atoms with Gasteiger partial charge in [0.25, 0.3) is 0 Å². The fraction of sp³-hybridized carbons (Fsp3) is 0.250. The second kappa shape index (κ2) is 4.80. The second-order valence-electron chi connectivity index (χ2n) is 3.77. The summed E-state index contributed by atoms with van der Waals surface area (Å²) in [5.74, 6) is 0. The van der Waals surface area contributed by atoms with Crippen molar-refractivity contribution in [2.45, 2.75) is 13.5 Å². The quantitative estimate of drug-likeness (QED) is 0.936.